The second kappa shape index (κ2) is 12.2. The highest BCUT2D eigenvalue weighted by Crippen LogP contribution is 2.45. The van der Waals surface area contributed by atoms with Crippen molar-refractivity contribution in [3.8, 4) is 11.4 Å². The molecule has 0 atom stereocenters. The van der Waals surface area contributed by atoms with Gasteiger partial charge in [-0.3, -0.25) is 9.59 Å². The van der Waals surface area contributed by atoms with Crippen molar-refractivity contribution in [2.24, 2.45) is 7.05 Å². The predicted molar refractivity (Wildman–Crippen MR) is 180 cm³/mol. The van der Waals surface area contributed by atoms with Crippen LogP contribution < -0.4 is 15.5 Å². The number of anilines is 2. The lowest BCUT2D eigenvalue weighted by molar-refractivity contribution is -0.132. The molecule has 2 fully saturated rings. The van der Waals surface area contributed by atoms with Crippen LogP contribution in [0.25, 0.3) is 28.4 Å². The number of aryl methyl sites for hydroxylation is 1. The number of hydrogen-bond acceptors (Lipinski definition) is 6. The molecule has 3 N–H and O–H groups in total. The molecular weight excluding hydrogens is 586 g/mol. The summed E-state index contributed by atoms with van der Waals surface area (Å²) in [7, 11) is 6.06. The van der Waals surface area contributed by atoms with Crippen molar-refractivity contribution in [2.75, 3.05) is 24.3 Å². The average molecular weight is 626 g/mol. The third kappa shape index (κ3) is 5.86. The van der Waals surface area contributed by atoms with Crippen LogP contribution in [0.2, 0.25) is 0 Å². The zero-order valence-corrected chi connectivity index (χ0v) is 27.0. The van der Waals surface area contributed by atoms with Crippen LogP contribution in [0.3, 0.4) is 0 Å². The molecule has 2 aromatic heterocycles. The van der Waals surface area contributed by atoms with E-state index < -0.39 is 11.5 Å². The highest BCUT2D eigenvalue weighted by Gasteiger charge is 2.45. The van der Waals surface area contributed by atoms with Crippen LogP contribution in [-0.2, 0) is 16.6 Å². The molecular formula is C35H39N5O4S. The Labute approximate surface area is 267 Å². The van der Waals surface area contributed by atoms with Crippen molar-refractivity contribution >= 4 is 56.9 Å². The molecule has 0 spiro atoms. The van der Waals surface area contributed by atoms with Crippen molar-refractivity contribution in [1.29, 1.82) is 0 Å². The van der Waals surface area contributed by atoms with Crippen LogP contribution in [0.1, 0.15) is 79.3 Å². The van der Waals surface area contributed by atoms with Crippen molar-refractivity contribution in [1.82, 2.24) is 14.9 Å². The maximum Gasteiger partial charge on any atom is 0.331 e. The van der Waals surface area contributed by atoms with Crippen LogP contribution in [-0.4, -0.2) is 52.1 Å². The van der Waals surface area contributed by atoms with Crippen LogP contribution in [0, 0.1) is 0 Å². The number of aromatic nitrogens is 2. The Morgan fingerprint density at radius 3 is 2.38 bits per heavy atom. The summed E-state index contributed by atoms with van der Waals surface area (Å²) in [4.78, 5) is 45.3. The van der Waals surface area contributed by atoms with E-state index in [1.54, 1.807) is 41.7 Å². The van der Waals surface area contributed by atoms with E-state index in [0.29, 0.717) is 30.0 Å². The first kappa shape index (κ1) is 30.6. The molecule has 4 aromatic rings. The van der Waals surface area contributed by atoms with Crippen LogP contribution in [0.5, 0.6) is 0 Å². The number of thiazole rings is 1. The Bertz CT molecular complexity index is 1810. The van der Waals surface area contributed by atoms with Gasteiger partial charge in [0, 0.05) is 54.2 Å². The largest absolute Gasteiger partial charge is 0.478 e. The summed E-state index contributed by atoms with van der Waals surface area (Å²) in [6.07, 6.45) is 8.28. The molecule has 6 rings (SSSR count). The summed E-state index contributed by atoms with van der Waals surface area (Å²) < 4.78 is 2.18. The number of nitrogens with one attached hydrogen (secondary N) is 2. The Morgan fingerprint density at radius 2 is 1.78 bits per heavy atom. The molecule has 2 heterocycles. The first-order chi connectivity index (χ1) is 21.6. The number of fused-ring (bicyclic) bond motifs is 1. The van der Waals surface area contributed by atoms with E-state index in [-0.39, 0.29) is 17.4 Å². The van der Waals surface area contributed by atoms with Gasteiger partial charge >= 0.3 is 5.97 Å². The van der Waals surface area contributed by atoms with E-state index in [9.17, 15) is 14.4 Å². The summed E-state index contributed by atoms with van der Waals surface area (Å²) in [6, 6.07) is 12.9. The molecule has 0 unspecified atom stereocenters. The first-order valence-corrected chi connectivity index (χ1v) is 16.4. The number of carbonyl (C=O) groups excluding carboxylic acids is 2. The van der Waals surface area contributed by atoms with E-state index in [4.69, 9.17) is 10.1 Å². The minimum absolute atomic E-state index is 0.226. The van der Waals surface area contributed by atoms with E-state index >= 15 is 0 Å². The topological polar surface area (TPSA) is 117 Å². The number of nitrogens with zero attached hydrogens (tertiary/aromatic N) is 3. The van der Waals surface area contributed by atoms with Crippen molar-refractivity contribution < 1.29 is 19.5 Å². The van der Waals surface area contributed by atoms with Gasteiger partial charge in [-0.15, -0.1) is 11.3 Å². The lowest BCUT2D eigenvalue weighted by Gasteiger charge is -2.40. The molecule has 2 aromatic carbocycles. The molecule has 2 aliphatic rings. The number of carboxylic acid groups (broad SMARTS) is 1. The predicted octanol–water partition coefficient (Wildman–Crippen LogP) is 6.80. The Kier molecular flexibility index (Phi) is 8.26. The number of amides is 2. The number of benzene rings is 2. The summed E-state index contributed by atoms with van der Waals surface area (Å²) in [5, 5.41) is 19.4. The highest BCUT2D eigenvalue weighted by atomic mass is 32.1. The third-order valence-corrected chi connectivity index (χ3v) is 10.3. The smallest absolute Gasteiger partial charge is 0.331 e. The molecule has 2 amide bonds. The quantitative estimate of drug-likeness (QED) is 0.176. The Morgan fingerprint density at radius 1 is 1.07 bits per heavy atom. The molecule has 0 aliphatic heterocycles. The van der Waals surface area contributed by atoms with Gasteiger partial charge in [-0.05, 0) is 86.4 Å². The first-order valence-electron chi connectivity index (χ1n) is 15.5. The fraction of sp³-hybridized carbons (Fsp3) is 0.371. The monoisotopic (exact) mass is 625 g/mol. The van der Waals surface area contributed by atoms with Gasteiger partial charge < -0.3 is 25.2 Å². The van der Waals surface area contributed by atoms with E-state index in [0.717, 1.165) is 52.2 Å². The number of hydrogen-bond donors (Lipinski definition) is 3. The Hall–Kier alpha value is -4.44. The number of rotatable bonds is 9. The summed E-state index contributed by atoms with van der Waals surface area (Å²) >= 11 is 1.63. The maximum absolute atomic E-state index is 13.7. The minimum atomic E-state index is -0.984. The summed E-state index contributed by atoms with van der Waals surface area (Å²) in [5.74, 6) is -1.04. The molecule has 10 heteroatoms. The molecule has 2 saturated carbocycles. The molecule has 45 heavy (non-hydrogen) atoms. The van der Waals surface area contributed by atoms with Gasteiger partial charge in [-0.25, -0.2) is 9.78 Å². The SMILES string of the molecule is C/C(=C\c1ccc(NC(=O)C2(NC(=O)c3ccc4c(C5CCCC5)c(-c5csc(N(C)C)n5)n(C)c4c3)CCC2)cc1)C(=O)O. The molecule has 2 aliphatic carbocycles. The van der Waals surface area contributed by atoms with Gasteiger partial charge in [0.15, 0.2) is 5.13 Å². The van der Waals surface area contributed by atoms with E-state index in [2.05, 4.69) is 33.7 Å². The van der Waals surface area contributed by atoms with Crippen molar-refractivity contribution in [2.45, 2.75) is 63.3 Å². The van der Waals surface area contributed by atoms with Crippen molar-refractivity contribution in [3.05, 3.63) is 70.1 Å². The van der Waals surface area contributed by atoms with E-state index in [1.807, 2.05) is 31.1 Å². The average Bonchev–Trinajstić information content (AvgIpc) is 3.75. The lowest BCUT2D eigenvalue weighted by atomic mass is 9.75. The molecule has 0 bridgehead atoms. The van der Waals surface area contributed by atoms with Gasteiger partial charge in [0.1, 0.15) is 11.2 Å². The fourth-order valence-corrected chi connectivity index (χ4v) is 7.32. The van der Waals surface area contributed by atoms with Gasteiger partial charge in [-0.2, -0.15) is 0 Å². The number of aliphatic carboxylic acids is 1. The van der Waals surface area contributed by atoms with Crippen molar-refractivity contribution in [3.63, 3.8) is 0 Å². The lowest BCUT2D eigenvalue weighted by Crippen LogP contribution is -2.61. The minimum Gasteiger partial charge on any atom is -0.478 e. The summed E-state index contributed by atoms with van der Waals surface area (Å²) in [5.41, 5.74) is 5.45. The van der Waals surface area contributed by atoms with Crippen LogP contribution >= 0.6 is 11.3 Å². The second-order valence-electron chi connectivity index (χ2n) is 12.5. The fourth-order valence-electron chi connectivity index (χ4n) is 6.58. The second-order valence-corrected chi connectivity index (χ2v) is 13.4. The van der Waals surface area contributed by atoms with Crippen LogP contribution in [0.15, 0.2) is 53.4 Å². The molecule has 9 nitrogen and oxygen atoms in total. The summed E-state index contributed by atoms with van der Waals surface area (Å²) in [6.45, 7) is 1.53. The molecule has 234 valence electrons. The van der Waals surface area contributed by atoms with Gasteiger partial charge in [-0.1, -0.05) is 31.0 Å². The molecule has 0 radical (unpaired) electrons. The van der Waals surface area contributed by atoms with Crippen LogP contribution in [0.4, 0.5) is 10.8 Å². The highest BCUT2D eigenvalue weighted by molar-refractivity contribution is 7.14. The number of carbonyl (C=O) groups is 3. The molecule has 0 saturated heterocycles. The maximum atomic E-state index is 13.7. The van der Waals surface area contributed by atoms with Gasteiger partial charge in [0.2, 0.25) is 5.91 Å². The van der Waals surface area contributed by atoms with Gasteiger partial charge in [0.25, 0.3) is 5.91 Å². The normalized spacial score (nSPS) is 16.4. The Balaban J connectivity index is 1.25. The number of carboxylic acids is 1. The van der Waals surface area contributed by atoms with Gasteiger partial charge in [0.05, 0.1) is 5.69 Å². The zero-order valence-electron chi connectivity index (χ0n) is 26.1. The van der Waals surface area contributed by atoms with E-state index in [1.165, 1.54) is 25.3 Å². The third-order valence-electron chi connectivity index (χ3n) is 9.27. The zero-order chi connectivity index (χ0) is 31.9. The standard InChI is InChI=1S/C35H39N5O4S/c1-21(32(42)43)18-22-10-13-25(14-11-22)36-33(44)35(16-7-17-35)38-31(41)24-12-15-26-28(19-24)40(4)30(29(26)23-8-5-6-9-23)27-20-45-34(37-27)39(2)3/h10-15,18-20,23H,5-9,16-17H2,1-4H3,(H,36,44)(H,38,41)(H,42,43)/b21-18+.